The highest BCUT2D eigenvalue weighted by molar-refractivity contribution is 7.98. The number of thioether (sulfide) groups is 1. The van der Waals surface area contributed by atoms with E-state index in [1.165, 1.54) is 7.11 Å². The zero-order chi connectivity index (χ0) is 26.5. The fourth-order valence-corrected chi connectivity index (χ4v) is 6.20. The molecule has 2 amide bonds. The Kier molecular flexibility index (Phi) is 7.20. The molecule has 3 fully saturated rings. The van der Waals surface area contributed by atoms with E-state index in [1.54, 1.807) is 11.2 Å². The van der Waals surface area contributed by atoms with Crippen molar-refractivity contribution in [3.8, 4) is 5.75 Å². The number of carbonyl (C=O) groups excluding carboxylic acids is 2. The molecular weight excluding hydrogens is 495 g/mol. The summed E-state index contributed by atoms with van der Waals surface area (Å²) >= 11 is 1.09. The van der Waals surface area contributed by atoms with Crippen molar-refractivity contribution in [1.82, 2.24) is 15.1 Å². The number of halogens is 3. The van der Waals surface area contributed by atoms with Crippen molar-refractivity contribution in [1.29, 1.82) is 0 Å². The van der Waals surface area contributed by atoms with Crippen LogP contribution >= 0.6 is 11.8 Å². The van der Waals surface area contributed by atoms with Gasteiger partial charge in [0.2, 0.25) is 0 Å². The quantitative estimate of drug-likeness (QED) is 0.561. The average molecular weight is 530 g/mol. The fourth-order valence-electron chi connectivity index (χ4n) is 5.55. The number of methoxy groups -OCH3 is 1. The highest BCUT2D eigenvalue weighted by Crippen LogP contribution is 2.44. The van der Waals surface area contributed by atoms with Gasteiger partial charge >= 0.3 is 12.3 Å². The number of benzene rings is 1. The zero-order valence-corrected chi connectivity index (χ0v) is 22.1. The second-order valence-electron chi connectivity index (χ2n) is 11.1. The first-order valence-corrected chi connectivity index (χ1v) is 13.3. The summed E-state index contributed by atoms with van der Waals surface area (Å²) in [5.41, 5.74) is -1.15. The summed E-state index contributed by atoms with van der Waals surface area (Å²) < 4.78 is 50.6. The van der Waals surface area contributed by atoms with Gasteiger partial charge in [0.1, 0.15) is 11.4 Å². The molecule has 2 saturated heterocycles. The average Bonchev–Trinajstić information content (AvgIpc) is 3.16. The summed E-state index contributed by atoms with van der Waals surface area (Å²) in [6.07, 6.45) is -0.464. The summed E-state index contributed by atoms with van der Waals surface area (Å²) in [6.45, 7) is 8.59. The predicted octanol–water partition coefficient (Wildman–Crippen LogP) is 4.64. The van der Waals surface area contributed by atoms with Gasteiger partial charge in [0, 0.05) is 48.6 Å². The van der Waals surface area contributed by atoms with E-state index in [9.17, 15) is 22.8 Å². The Morgan fingerprint density at radius 1 is 1.11 bits per heavy atom. The minimum absolute atomic E-state index is 0.0801. The van der Waals surface area contributed by atoms with Crippen molar-refractivity contribution in [3.63, 3.8) is 0 Å². The number of nitrogens with one attached hydrogen (secondary N) is 1. The lowest BCUT2D eigenvalue weighted by Gasteiger charge is -2.61. The van der Waals surface area contributed by atoms with E-state index in [-0.39, 0.29) is 39.8 Å². The van der Waals surface area contributed by atoms with Crippen LogP contribution in [0.5, 0.6) is 5.75 Å². The molecule has 1 spiro atoms. The Morgan fingerprint density at radius 2 is 1.78 bits per heavy atom. The topological polar surface area (TPSA) is 71.1 Å². The van der Waals surface area contributed by atoms with Gasteiger partial charge in [-0.05, 0) is 58.4 Å². The lowest BCUT2D eigenvalue weighted by molar-refractivity contribution is -0.137. The van der Waals surface area contributed by atoms with E-state index in [4.69, 9.17) is 9.47 Å². The molecule has 0 bridgehead atoms. The lowest BCUT2D eigenvalue weighted by atomic mass is 9.72. The summed E-state index contributed by atoms with van der Waals surface area (Å²) in [6, 6.07) is 1.94. The number of likely N-dealkylation sites (tertiary alicyclic amines) is 2. The molecule has 2 atom stereocenters. The molecule has 1 aliphatic carbocycles. The maximum Gasteiger partial charge on any atom is 0.416 e. The normalized spacial score (nSPS) is 23.7. The molecule has 1 aromatic rings. The minimum atomic E-state index is -4.53. The standard InChI is InChI=1S/C25H34F3N3O4S/c1-23(2,3)35-22(33)31-13-24(14-31)11-30(12-24)17-8-6-7-16(17)29-21(32)20-18(34-4)9-15(25(26,27)28)10-19(20)36-5/h9-10,16-17H,6-8,11-14H2,1-5H3,(H,29,32). The molecule has 2 unspecified atom stereocenters. The SMILES string of the molecule is COc1cc(C(F)(F)F)cc(SC)c1C(=O)NC1CCCC1N1CC2(CN(C(=O)OC(C)(C)C)C2)C1. The summed E-state index contributed by atoms with van der Waals surface area (Å²) in [5.74, 6) is -0.502. The van der Waals surface area contributed by atoms with Crippen LogP contribution in [-0.2, 0) is 10.9 Å². The van der Waals surface area contributed by atoms with Crippen molar-refractivity contribution in [2.24, 2.45) is 5.41 Å². The van der Waals surface area contributed by atoms with Gasteiger partial charge in [-0.25, -0.2) is 4.79 Å². The Balaban J connectivity index is 1.38. The molecule has 4 rings (SSSR count). The van der Waals surface area contributed by atoms with Crippen LogP contribution in [0.3, 0.4) is 0 Å². The van der Waals surface area contributed by atoms with E-state index < -0.39 is 23.2 Å². The molecule has 2 heterocycles. The van der Waals surface area contributed by atoms with Crippen molar-refractivity contribution in [3.05, 3.63) is 23.3 Å². The van der Waals surface area contributed by atoms with Crippen LogP contribution in [0.4, 0.5) is 18.0 Å². The Morgan fingerprint density at radius 3 is 2.33 bits per heavy atom. The first kappa shape index (κ1) is 26.9. The zero-order valence-electron chi connectivity index (χ0n) is 21.3. The molecule has 0 aromatic heterocycles. The minimum Gasteiger partial charge on any atom is -0.496 e. The van der Waals surface area contributed by atoms with Gasteiger partial charge in [-0.1, -0.05) is 0 Å². The number of amides is 2. The van der Waals surface area contributed by atoms with Gasteiger partial charge in [-0.2, -0.15) is 13.2 Å². The number of hydrogen-bond donors (Lipinski definition) is 1. The Bertz CT molecular complexity index is 988. The van der Waals surface area contributed by atoms with Crippen LogP contribution in [0.2, 0.25) is 0 Å². The molecule has 7 nitrogen and oxygen atoms in total. The van der Waals surface area contributed by atoms with Crippen molar-refractivity contribution in [2.75, 3.05) is 39.5 Å². The van der Waals surface area contributed by atoms with Crippen molar-refractivity contribution < 1.29 is 32.2 Å². The third-order valence-corrected chi connectivity index (χ3v) is 7.87. The van der Waals surface area contributed by atoms with Crippen LogP contribution in [0.15, 0.2) is 17.0 Å². The number of nitrogens with zero attached hydrogens (tertiary/aromatic N) is 2. The highest BCUT2D eigenvalue weighted by atomic mass is 32.2. The summed E-state index contributed by atoms with van der Waals surface area (Å²) in [4.78, 5) is 29.8. The van der Waals surface area contributed by atoms with Gasteiger partial charge in [0.25, 0.3) is 5.91 Å². The van der Waals surface area contributed by atoms with Crippen LogP contribution in [0.1, 0.15) is 56.0 Å². The lowest BCUT2D eigenvalue weighted by Crippen LogP contribution is -2.75. The number of rotatable bonds is 5. The molecule has 11 heteroatoms. The maximum atomic E-state index is 13.3. The third-order valence-electron chi connectivity index (χ3n) is 7.11. The third kappa shape index (κ3) is 5.41. The smallest absolute Gasteiger partial charge is 0.416 e. The molecule has 0 radical (unpaired) electrons. The second-order valence-corrected chi connectivity index (χ2v) is 11.9. The van der Waals surface area contributed by atoms with E-state index in [0.29, 0.717) is 13.1 Å². The summed E-state index contributed by atoms with van der Waals surface area (Å²) in [7, 11) is 1.27. The molecule has 2 aliphatic heterocycles. The van der Waals surface area contributed by atoms with Crippen molar-refractivity contribution in [2.45, 2.75) is 68.8 Å². The van der Waals surface area contributed by atoms with E-state index >= 15 is 0 Å². The molecule has 1 N–H and O–H groups in total. The molecule has 1 aromatic carbocycles. The van der Waals surface area contributed by atoms with Crippen LogP contribution < -0.4 is 10.1 Å². The molecular formula is C25H34F3N3O4S. The molecule has 3 aliphatic rings. The number of alkyl halides is 3. The van der Waals surface area contributed by atoms with E-state index in [1.807, 2.05) is 20.8 Å². The Labute approximate surface area is 214 Å². The monoisotopic (exact) mass is 529 g/mol. The Hall–Kier alpha value is -2.14. The number of ether oxygens (including phenoxy) is 2. The number of carbonyl (C=O) groups is 2. The predicted molar refractivity (Wildman–Crippen MR) is 130 cm³/mol. The van der Waals surface area contributed by atoms with Gasteiger partial charge < -0.3 is 19.7 Å². The largest absolute Gasteiger partial charge is 0.496 e. The maximum absolute atomic E-state index is 13.3. The van der Waals surface area contributed by atoms with Crippen LogP contribution in [0, 0.1) is 5.41 Å². The molecule has 36 heavy (non-hydrogen) atoms. The van der Waals surface area contributed by atoms with Gasteiger partial charge in [-0.3, -0.25) is 9.69 Å². The molecule has 200 valence electrons. The van der Waals surface area contributed by atoms with Gasteiger partial charge in [0.15, 0.2) is 0 Å². The summed E-state index contributed by atoms with van der Waals surface area (Å²) in [5, 5.41) is 3.08. The van der Waals surface area contributed by atoms with Crippen LogP contribution in [0.25, 0.3) is 0 Å². The van der Waals surface area contributed by atoms with E-state index in [2.05, 4.69) is 10.2 Å². The van der Waals surface area contributed by atoms with E-state index in [0.717, 1.165) is 56.2 Å². The highest BCUT2D eigenvalue weighted by Gasteiger charge is 2.56. The molecule has 1 saturated carbocycles. The van der Waals surface area contributed by atoms with Crippen LogP contribution in [-0.4, -0.2) is 79.0 Å². The van der Waals surface area contributed by atoms with Gasteiger partial charge in [0.05, 0.1) is 18.2 Å². The first-order valence-electron chi connectivity index (χ1n) is 12.1. The second kappa shape index (κ2) is 9.63. The first-order chi connectivity index (χ1) is 16.7. The van der Waals surface area contributed by atoms with Crippen molar-refractivity contribution >= 4 is 23.8 Å². The van der Waals surface area contributed by atoms with Gasteiger partial charge in [-0.15, -0.1) is 11.8 Å². The fraction of sp³-hybridized carbons (Fsp3) is 0.680. The number of hydrogen-bond acceptors (Lipinski definition) is 6.